The van der Waals surface area contributed by atoms with Crippen molar-refractivity contribution in [2.24, 2.45) is 4.99 Å². The molecule has 30 heavy (non-hydrogen) atoms. The maximum atomic E-state index is 14.5. The van der Waals surface area contributed by atoms with Crippen LogP contribution in [-0.4, -0.2) is 24.7 Å². The smallest absolute Gasteiger partial charge is 0.189 e. The van der Waals surface area contributed by atoms with E-state index in [1.165, 1.54) is 18.1 Å². The van der Waals surface area contributed by atoms with Crippen LogP contribution in [0.1, 0.15) is 31.7 Å². The van der Waals surface area contributed by atoms with Crippen LogP contribution in [0.3, 0.4) is 0 Å². The second kappa shape index (κ2) is 7.44. The molecule has 0 bridgehead atoms. The average molecular weight is 402 g/mol. The highest BCUT2D eigenvalue weighted by molar-refractivity contribution is 6.28. The van der Waals surface area contributed by atoms with Gasteiger partial charge in [0.1, 0.15) is 23.0 Å². The molecule has 6 heteroatoms. The van der Waals surface area contributed by atoms with Crippen LogP contribution in [0.4, 0.5) is 15.8 Å². The Morgan fingerprint density at radius 1 is 1.13 bits per heavy atom. The Hall–Kier alpha value is -3.41. The van der Waals surface area contributed by atoms with Crippen molar-refractivity contribution in [2.45, 2.75) is 26.2 Å². The molecule has 3 aliphatic rings. The van der Waals surface area contributed by atoms with Gasteiger partial charge in [0.25, 0.3) is 0 Å². The minimum atomic E-state index is -0.358. The van der Waals surface area contributed by atoms with Gasteiger partial charge in [-0.15, -0.1) is 0 Å². The number of anilines is 1. The number of fused-ring (bicyclic) bond motifs is 1. The number of aliphatic imine (C=N–C) groups is 1. The number of para-hydroxylation sites is 2. The zero-order valence-electron chi connectivity index (χ0n) is 16.8. The van der Waals surface area contributed by atoms with Crippen molar-refractivity contribution in [3.63, 3.8) is 0 Å². The lowest BCUT2D eigenvalue weighted by molar-refractivity contribution is -0.113. The second-order valence-electron chi connectivity index (χ2n) is 7.65. The molecule has 2 aliphatic heterocycles. The maximum absolute atomic E-state index is 14.5. The van der Waals surface area contributed by atoms with Crippen molar-refractivity contribution in [3.8, 4) is 0 Å². The predicted molar refractivity (Wildman–Crippen MR) is 117 cm³/mol. The second-order valence-corrected chi connectivity index (χ2v) is 7.65. The van der Waals surface area contributed by atoms with Crippen molar-refractivity contribution >= 4 is 28.7 Å². The fourth-order valence-electron chi connectivity index (χ4n) is 4.16. The number of allylic oxidation sites excluding steroid dienone is 1. The zero-order valence-corrected chi connectivity index (χ0v) is 16.8. The molecule has 1 saturated carbocycles. The van der Waals surface area contributed by atoms with E-state index in [2.05, 4.69) is 16.7 Å². The van der Waals surface area contributed by atoms with Crippen LogP contribution in [0.5, 0.6) is 0 Å². The fraction of sp³-hybridized carbons (Fsp3) is 0.250. The first-order chi connectivity index (χ1) is 14.7. The fourth-order valence-corrected chi connectivity index (χ4v) is 4.16. The van der Waals surface area contributed by atoms with Gasteiger partial charge in [-0.25, -0.2) is 9.38 Å². The van der Waals surface area contributed by atoms with E-state index in [0.29, 0.717) is 29.5 Å². The van der Waals surface area contributed by atoms with Gasteiger partial charge in [-0.1, -0.05) is 30.3 Å². The lowest BCUT2D eigenvalue weighted by atomic mass is 9.87. The summed E-state index contributed by atoms with van der Waals surface area (Å²) in [6.07, 6.45) is 3.29. The molecule has 2 heterocycles. The number of hydrogen-bond acceptors (Lipinski definition) is 5. The van der Waals surface area contributed by atoms with Crippen molar-refractivity contribution < 1.29 is 9.18 Å². The Morgan fingerprint density at radius 2 is 1.90 bits per heavy atom. The van der Waals surface area contributed by atoms with E-state index in [4.69, 9.17) is 4.99 Å². The lowest BCUT2D eigenvalue weighted by Gasteiger charge is -2.28. The monoisotopic (exact) mass is 402 g/mol. The van der Waals surface area contributed by atoms with Gasteiger partial charge in [0.05, 0.1) is 17.9 Å². The number of hydrogen-bond donors (Lipinski definition) is 2. The molecule has 0 amide bonds. The van der Waals surface area contributed by atoms with Crippen molar-refractivity contribution in [3.05, 3.63) is 76.9 Å². The van der Waals surface area contributed by atoms with Gasteiger partial charge in [0, 0.05) is 17.8 Å². The molecular formula is C24H23FN4O. The van der Waals surface area contributed by atoms with Gasteiger partial charge < -0.3 is 15.5 Å². The van der Waals surface area contributed by atoms with Gasteiger partial charge in [-0.2, -0.15) is 0 Å². The molecule has 2 aromatic carbocycles. The largest absolute Gasteiger partial charge is 0.371 e. The van der Waals surface area contributed by atoms with E-state index in [1.54, 1.807) is 23.1 Å². The zero-order chi connectivity index (χ0) is 20.7. The van der Waals surface area contributed by atoms with Gasteiger partial charge in [-0.3, -0.25) is 4.79 Å². The van der Waals surface area contributed by atoms with Crippen LogP contribution in [0.15, 0.2) is 70.5 Å². The summed E-state index contributed by atoms with van der Waals surface area (Å²) in [6.45, 7) is 2.64. The third kappa shape index (κ3) is 3.00. The van der Waals surface area contributed by atoms with E-state index in [9.17, 15) is 9.18 Å². The molecule has 0 spiro atoms. The van der Waals surface area contributed by atoms with Crippen LogP contribution in [0, 0.1) is 5.82 Å². The third-order valence-electron chi connectivity index (χ3n) is 5.77. The first kappa shape index (κ1) is 18.6. The molecule has 152 valence electrons. The summed E-state index contributed by atoms with van der Waals surface area (Å²) in [5, 5.41) is 6.72. The van der Waals surface area contributed by atoms with Gasteiger partial charge >= 0.3 is 0 Å². The number of Topliss-reactive ketones (excluding diaryl/α,β-unsaturated/α-hetero) is 1. The number of amidine groups is 1. The van der Waals surface area contributed by atoms with Crippen LogP contribution in [0.2, 0.25) is 0 Å². The third-order valence-corrected chi connectivity index (χ3v) is 5.77. The molecule has 5 rings (SSSR count). The Labute approximate surface area is 175 Å². The molecule has 0 atom stereocenters. The van der Waals surface area contributed by atoms with Crippen LogP contribution in [0.25, 0.3) is 5.70 Å². The summed E-state index contributed by atoms with van der Waals surface area (Å²) in [6, 6.07) is 14.5. The minimum Gasteiger partial charge on any atom is -0.371 e. The van der Waals surface area contributed by atoms with Gasteiger partial charge in [0.2, 0.25) is 0 Å². The Kier molecular flexibility index (Phi) is 4.62. The number of nitrogens with zero attached hydrogens (tertiary/aromatic N) is 2. The maximum Gasteiger partial charge on any atom is 0.189 e. The lowest BCUT2D eigenvalue weighted by Crippen LogP contribution is -2.33. The molecule has 0 aromatic heterocycles. The highest BCUT2D eigenvalue weighted by Gasteiger charge is 2.37. The molecule has 0 radical (unpaired) electrons. The average Bonchev–Trinajstić information content (AvgIpc) is 3.03. The van der Waals surface area contributed by atoms with E-state index >= 15 is 0 Å². The summed E-state index contributed by atoms with van der Waals surface area (Å²) >= 11 is 0. The molecule has 2 aromatic rings. The number of ketones is 1. The highest BCUT2D eigenvalue weighted by Crippen LogP contribution is 2.39. The number of rotatable bonds is 4. The van der Waals surface area contributed by atoms with Gasteiger partial charge in [0.15, 0.2) is 5.78 Å². The molecule has 0 saturated heterocycles. The number of benzene rings is 2. The molecule has 1 aliphatic carbocycles. The molecule has 5 nitrogen and oxygen atoms in total. The highest BCUT2D eigenvalue weighted by atomic mass is 19.1. The van der Waals surface area contributed by atoms with E-state index < -0.39 is 0 Å². The van der Waals surface area contributed by atoms with Crippen molar-refractivity contribution in [1.29, 1.82) is 0 Å². The summed E-state index contributed by atoms with van der Waals surface area (Å²) in [7, 11) is 0. The molecule has 2 N–H and O–H groups in total. The number of nitrogens with one attached hydrogen (secondary N) is 2. The van der Waals surface area contributed by atoms with Crippen LogP contribution < -0.4 is 15.5 Å². The first-order valence-corrected chi connectivity index (χ1v) is 10.4. The number of halogens is 1. The van der Waals surface area contributed by atoms with E-state index in [-0.39, 0.29) is 18.1 Å². The summed E-state index contributed by atoms with van der Waals surface area (Å²) < 4.78 is 14.5. The Bertz CT molecular complexity index is 1130. The quantitative estimate of drug-likeness (QED) is 0.802. The van der Waals surface area contributed by atoms with Gasteiger partial charge in [-0.05, 0) is 50.0 Å². The summed E-state index contributed by atoms with van der Waals surface area (Å²) in [4.78, 5) is 19.6. The molecular weight excluding hydrogens is 379 g/mol. The number of carbonyl (C=O) groups is 1. The number of carbonyl (C=O) groups excluding carboxylic acids is 1. The van der Waals surface area contributed by atoms with Crippen LogP contribution >= 0.6 is 0 Å². The van der Waals surface area contributed by atoms with E-state index in [1.807, 2.05) is 25.1 Å². The Balaban J connectivity index is 1.65. The summed E-state index contributed by atoms with van der Waals surface area (Å²) in [5.74, 6) is 0.681. The minimum absolute atomic E-state index is 0.0762. The molecule has 1 fully saturated rings. The van der Waals surface area contributed by atoms with Crippen LogP contribution in [-0.2, 0) is 4.79 Å². The van der Waals surface area contributed by atoms with Crippen molar-refractivity contribution in [2.75, 3.05) is 18.0 Å². The normalized spacial score (nSPS) is 18.1. The molecule has 0 unspecified atom stereocenters. The van der Waals surface area contributed by atoms with E-state index in [0.717, 1.165) is 29.8 Å². The SMILES string of the molecule is CCNC1=C(C2=Nc3ccccc3C(=C3CCC3)N2)C(=O)CN1c1ccccc1F. The Morgan fingerprint density at radius 3 is 2.63 bits per heavy atom. The predicted octanol–water partition coefficient (Wildman–Crippen LogP) is 4.26. The topological polar surface area (TPSA) is 56.7 Å². The standard InChI is InChI=1S/C24H23FN4O/c1-2-26-24-21(20(30)14-29(24)19-13-6-4-11-17(19)25)23-27-18-12-5-3-10-16(18)22(28-23)15-8-7-9-15/h3-6,10-13,26H,2,7-9,14H2,1H3,(H,27,28). The first-order valence-electron chi connectivity index (χ1n) is 10.4. The van der Waals surface area contributed by atoms with Crippen molar-refractivity contribution in [1.82, 2.24) is 10.6 Å². The summed E-state index contributed by atoms with van der Waals surface area (Å²) in [5.41, 5.74) is 5.19.